The van der Waals surface area contributed by atoms with Crippen LogP contribution < -0.4 is 5.32 Å². The number of nitrogens with zero attached hydrogens (tertiary/aromatic N) is 2. The van der Waals surface area contributed by atoms with Crippen LogP contribution in [0.2, 0.25) is 0 Å². The van der Waals surface area contributed by atoms with E-state index in [0.717, 1.165) is 32.5 Å². The Kier molecular flexibility index (Phi) is 5.94. The SMILES string of the molecule is CC(C)CN1C[C@H]2C[C@]3(C(=O)NCC4CCCCC4)N=C[C@H]2[C@H]1[C@@H]3Cc1ccccc1. The standard InChI is InChI=1S/C27H39N3O/c1-19(2)17-30-18-22-14-27(26(31)28-15-21-11-7-4-8-12-21)24(25(30)23(22)16-29-27)13-20-9-5-3-6-10-20/h3,5-6,9-10,16,19,21-25H,4,7-8,11-15,17-18H2,1-2H3,(H,28,31)/t22-,23-,24+,25+,27+/m1/s1. The zero-order valence-electron chi connectivity index (χ0n) is 19.3. The maximum Gasteiger partial charge on any atom is 0.248 e. The van der Waals surface area contributed by atoms with E-state index in [9.17, 15) is 4.79 Å². The molecule has 6 rings (SSSR count). The first-order valence-electron chi connectivity index (χ1n) is 12.7. The number of benzene rings is 1. The summed E-state index contributed by atoms with van der Waals surface area (Å²) in [7, 11) is 0. The predicted octanol–water partition coefficient (Wildman–Crippen LogP) is 4.34. The highest BCUT2D eigenvalue weighted by Crippen LogP contribution is 2.54. The van der Waals surface area contributed by atoms with Crippen molar-refractivity contribution in [1.29, 1.82) is 0 Å². The van der Waals surface area contributed by atoms with Crippen LogP contribution in [-0.2, 0) is 11.2 Å². The van der Waals surface area contributed by atoms with Gasteiger partial charge < -0.3 is 5.32 Å². The molecule has 3 heterocycles. The summed E-state index contributed by atoms with van der Waals surface area (Å²) >= 11 is 0. The zero-order chi connectivity index (χ0) is 21.4. The average Bonchev–Trinajstić information content (AvgIpc) is 3.08. The van der Waals surface area contributed by atoms with Crippen molar-refractivity contribution in [1.82, 2.24) is 10.2 Å². The molecule has 1 N–H and O–H groups in total. The Hall–Kier alpha value is -1.68. The maximum absolute atomic E-state index is 13.8. The Bertz CT molecular complexity index is 800. The molecule has 2 saturated carbocycles. The monoisotopic (exact) mass is 421 g/mol. The fourth-order valence-electron chi connectivity index (χ4n) is 7.13. The lowest BCUT2D eigenvalue weighted by Crippen LogP contribution is -2.64. The van der Waals surface area contributed by atoms with Gasteiger partial charge in [0.25, 0.3) is 0 Å². The van der Waals surface area contributed by atoms with Gasteiger partial charge in [-0.25, -0.2) is 0 Å². The van der Waals surface area contributed by atoms with Crippen LogP contribution >= 0.6 is 0 Å². The molecule has 5 aliphatic rings. The quantitative estimate of drug-likeness (QED) is 0.712. The number of rotatable bonds is 7. The zero-order valence-corrected chi connectivity index (χ0v) is 19.3. The van der Waals surface area contributed by atoms with E-state index in [0.29, 0.717) is 29.7 Å². The van der Waals surface area contributed by atoms with Crippen LogP contribution in [0.5, 0.6) is 0 Å². The lowest BCUT2D eigenvalue weighted by atomic mass is 9.59. The van der Waals surface area contributed by atoms with E-state index in [4.69, 9.17) is 4.99 Å². The molecule has 3 fully saturated rings. The van der Waals surface area contributed by atoms with Crippen LogP contribution in [0.25, 0.3) is 0 Å². The minimum atomic E-state index is -0.583. The summed E-state index contributed by atoms with van der Waals surface area (Å²) in [5.41, 5.74) is 0.753. The number of hydrogen-bond donors (Lipinski definition) is 1. The van der Waals surface area contributed by atoms with Crippen LogP contribution in [0, 0.1) is 29.6 Å². The highest BCUT2D eigenvalue weighted by atomic mass is 16.2. The molecule has 1 aromatic carbocycles. The molecule has 4 heteroatoms. The molecule has 0 radical (unpaired) electrons. The van der Waals surface area contributed by atoms with E-state index in [1.54, 1.807) is 0 Å². The van der Waals surface area contributed by atoms with Crippen LogP contribution in [0.3, 0.4) is 0 Å². The van der Waals surface area contributed by atoms with Crippen molar-refractivity contribution < 1.29 is 4.79 Å². The molecule has 5 atom stereocenters. The summed E-state index contributed by atoms with van der Waals surface area (Å²) in [5, 5.41) is 3.41. The number of hydrogen-bond acceptors (Lipinski definition) is 3. The van der Waals surface area contributed by atoms with Crippen LogP contribution in [-0.4, -0.2) is 48.2 Å². The van der Waals surface area contributed by atoms with Gasteiger partial charge >= 0.3 is 0 Å². The first-order valence-corrected chi connectivity index (χ1v) is 12.7. The molecular formula is C27H39N3O. The summed E-state index contributed by atoms with van der Waals surface area (Å²) in [6, 6.07) is 11.2. The summed E-state index contributed by atoms with van der Waals surface area (Å²) < 4.78 is 0. The fraction of sp³-hybridized carbons (Fsp3) is 0.704. The van der Waals surface area contributed by atoms with Gasteiger partial charge in [0.1, 0.15) is 5.54 Å². The third-order valence-corrected chi connectivity index (χ3v) is 8.47. The molecule has 1 aromatic rings. The van der Waals surface area contributed by atoms with Crippen molar-refractivity contribution in [3.05, 3.63) is 35.9 Å². The summed E-state index contributed by atoms with van der Waals surface area (Å²) in [6.07, 6.45) is 10.6. The van der Waals surface area contributed by atoms with E-state index in [1.165, 1.54) is 37.7 Å². The number of likely N-dealkylation sites (tertiary alicyclic amines) is 1. The third kappa shape index (κ3) is 3.97. The summed E-state index contributed by atoms with van der Waals surface area (Å²) in [6.45, 7) is 7.71. The molecule has 0 spiro atoms. The first-order chi connectivity index (χ1) is 15.1. The maximum atomic E-state index is 13.8. The molecule has 31 heavy (non-hydrogen) atoms. The van der Waals surface area contributed by atoms with Gasteiger partial charge in [-0.3, -0.25) is 14.7 Å². The van der Waals surface area contributed by atoms with E-state index < -0.39 is 5.54 Å². The second kappa shape index (κ2) is 8.69. The van der Waals surface area contributed by atoms with E-state index in [-0.39, 0.29) is 11.8 Å². The highest BCUT2D eigenvalue weighted by molar-refractivity contribution is 5.91. The molecule has 1 saturated heterocycles. The number of carbonyl (C=O) groups is 1. The minimum Gasteiger partial charge on any atom is -0.354 e. The molecular weight excluding hydrogens is 382 g/mol. The topological polar surface area (TPSA) is 44.7 Å². The van der Waals surface area contributed by atoms with E-state index in [2.05, 4.69) is 60.6 Å². The van der Waals surface area contributed by atoms with Crippen molar-refractivity contribution in [3.63, 3.8) is 0 Å². The molecule has 0 aromatic heterocycles. The Morgan fingerprint density at radius 2 is 1.97 bits per heavy atom. The van der Waals surface area contributed by atoms with Crippen molar-refractivity contribution in [3.8, 4) is 0 Å². The van der Waals surface area contributed by atoms with E-state index in [1.807, 2.05) is 0 Å². The van der Waals surface area contributed by atoms with E-state index >= 15 is 0 Å². The fourth-order valence-corrected chi connectivity index (χ4v) is 7.13. The van der Waals surface area contributed by atoms with Gasteiger partial charge in [0.15, 0.2) is 0 Å². The van der Waals surface area contributed by atoms with Gasteiger partial charge in [-0.2, -0.15) is 0 Å². The number of amides is 1. The Labute approximate surface area is 187 Å². The lowest BCUT2D eigenvalue weighted by Gasteiger charge is -2.51. The molecule has 3 aliphatic heterocycles. The normalized spacial score (nSPS) is 35.1. The number of nitrogens with one attached hydrogen (secondary N) is 1. The second-order valence-electron chi connectivity index (χ2n) is 11.1. The molecule has 1 amide bonds. The minimum absolute atomic E-state index is 0.204. The Morgan fingerprint density at radius 3 is 2.71 bits per heavy atom. The third-order valence-electron chi connectivity index (χ3n) is 8.47. The highest BCUT2D eigenvalue weighted by Gasteiger charge is 2.63. The second-order valence-corrected chi connectivity index (χ2v) is 11.1. The van der Waals surface area contributed by atoms with Gasteiger partial charge in [0, 0.05) is 43.7 Å². The van der Waals surface area contributed by atoms with Crippen LogP contribution in [0.1, 0.15) is 57.9 Å². The van der Waals surface area contributed by atoms with Crippen molar-refractivity contribution in [2.75, 3.05) is 19.6 Å². The van der Waals surface area contributed by atoms with Crippen LogP contribution in [0.15, 0.2) is 35.3 Å². The van der Waals surface area contributed by atoms with Crippen molar-refractivity contribution in [2.45, 2.75) is 70.4 Å². The number of aliphatic imine (C=N–C) groups is 1. The van der Waals surface area contributed by atoms with Gasteiger partial charge in [-0.05, 0) is 49.0 Å². The van der Waals surface area contributed by atoms with Crippen LogP contribution in [0.4, 0.5) is 0 Å². The predicted molar refractivity (Wildman–Crippen MR) is 126 cm³/mol. The summed E-state index contributed by atoms with van der Waals surface area (Å²) in [5.74, 6) is 2.85. The Morgan fingerprint density at radius 1 is 1.19 bits per heavy atom. The lowest BCUT2D eigenvalue weighted by molar-refractivity contribution is -0.132. The summed E-state index contributed by atoms with van der Waals surface area (Å²) in [4.78, 5) is 21.6. The Balaban J connectivity index is 1.41. The molecule has 0 unspecified atom stereocenters. The van der Waals surface area contributed by atoms with Gasteiger partial charge in [0.05, 0.1) is 0 Å². The average molecular weight is 422 g/mol. The molecule has 2 aliphatic carbocycles. The van der Waals surface area contributed by atoms with Crippen molar-refractivity contribution in [2.24, 2.45) is 34.6 Å². The largest absolute Gasteiger partial charge is 0.354 e. The molecule has 168 valence electrons. The van der Waals surface area contributed by atoms with Gasteiger partial charge in [-0.15, -0.1) is 0 Å². The van der Waals surface area contributed by atoms with Gasteiger partial charge in [-0.1, -0.05) is 63.4 Å². The van der Waals surface area contributed by atoms with Crippen molar-refractivity contribution >= 4 is 12.1 Å². The molecule has 4 bridgehead atoms. The molecule has 4 nitrogen and oxygen atoms in total. The smallest absolute Gasteiger partial charge is 0.248 e. The van der Waals surface area contributed by atoms with Gasteiger partial charge in [0.2, 0.25) is 5.91 Å². The number of carbonyl (C=O) groups excluding carboxylic acids is 1. The first kappa shape index (κ1) is 21.2.